The quantitative estimate of drug-likeness (QED) is 0.507. The van der Waals surface area contributed by atoms with Gasteiger partial charge in [-0.3, -0.25) is 0 Å². The van der Waals surface area contributed by atoms with Crippen molar-refractivity contribution < 1.29 is 15.3 Å². The Balaban J connectivity index is 0.000000461. The SMILES string of the molecule is C#N.Oc1[nH]c2cccc(O)c2c1O. The summed E-state index contributed by atoms with van der Waals surface area (Å²) in [5.41, 5.74) is 0.505. The van der Waals surface area contributed by atoms with Gasteiger partial charge >= 0.3 is 0 Å². The van der Waals surface area contributed by atoms with Crippen LogP contribution >= 0.6 is 0 Å². The van der Waals surface area contributed by atoms with Crippen molar-refractivity contribution in [3.05, 3.63) is 18.2 Å². The van der Waals surface area contributed by atoms with Crippen LogP contribution in [-0.4, -0.2) is 20.3 Å². The Morgan fingerprint density at radius 3 is 2.36 bits per heavy atom. The molecule has 5 heteroatoms. The molecule has 0 saturated heterocycles. The Morgan fingerprint density at radius 1 is 1.14 bits per heavy atom. The maximum Gasteiger partial charge on any atom is 0.233 e. The number of phenolic OH excluding ortho intramolecular Hbond substituents is 1. The minimum absolute atomic E-state index is 0.0541. The first-order valence-corrected chi connectivity index (χ1v) is 3.67. The van der Waals surface area contributed by atoms with Gasteiger partial charge in [-0.25, -0.2) is 5.26 Å². The third kappa shape index (κ3) is 1.29. The van der Waals surface area contributed by atoms with Gasteiger partial charge in [-0.1, -0.05) is 6.07 Å². The molecule has 0 spiro atoms. The second kappa shape index (κ2) is 3.58. The van der Waals surface area contributed by atoms with Gasteiger partial charge in [0, 0.05) is 6.57 Å². The van der Waals surface area contributed by atoms with Gasteiger partial charge in [0.05, 0.1) is 10.9 Å². The second-order valence-electron chi connectivity index (χ2n) is 2.52. The Labute approximate surface area is 79.5 Å². The summed E-state index contributed by atoms with van der Waals surface area (Å²) in [5, 5.41) is 34.3. The lowest BCUT2D eigenvalue weighted by atomic mass is 10.2. The van der Waals surface area contributed by atoms with E-state index in [1.54, 1.807) is 12.1 Å². The minimum Gasteiger partial charge on any atom is -0.507 e. The van der Waals surface area contributed by atoms with E-state index in [-0.39, 0.29) is 22.8 Å². The van der Waals surface area contributed by atoms with Gasteiger partial charge in [0.2, 0.25) is 5.88 Å². The molecule has 2 aromatic rings. The molecule has 0 aliphatic carbocycles. The molecule has 72 valence electrons. The highest BCUT2D eigenvalue weighted by atomic mass is 16.3. The summed E-state index contributed by atoms with van der Waals surface area (Å²) in [6, 6.07) is 4.71. The van der Waals surface area contributed by atoms with Crippen LogP contribution < -0.4 is 0 Å². The first-order chi connectivity index (χ1) is 6.70. The predicted molar refractivity (Wildman–Crippen MR) is 50.0 cm³/mol. The fraction of sp³-hybridized carbons (Fsp3) is 0. The number of phenols is 1. The Morgan fingerprint density at radius 2 is 1.79 bits per heavy atom. The topological polar surface area (TPSA) is 100 Å². The number of aromatic nitrogens is 1. The van der Waals surface area contributed by atoms with Crippen LogP contribution in [0.3, 0.4) is 0 Å². The average molecular weight is 192 g/mol. The summed E-state index contributed by atoms with van der Waals surface area (Å²) in [6.07, 6.45) is 0. The molecule has 1 aromatic carbocycles. The van der Waals surface area contributed by atoms with Crippen molar-refractivity contribution >= 4 is 10.9 Å². The van der Waals surface area contributed by atoms with Crippen LogP contribution in [0, 0.1) is 11.8 Å². The van der Waals surface area contributed by atoms with Crippen LogP contribution in [0.4, 0.5) is 0 Å². The van der Waals surface area contributed by atoms with Crippen molar-refractivity contribution in [2.75, 3.05) is 0 Å². The highest BCUT2D eigenvalue weighted by Crippen LogP contribution is 2.38. The molecule has 0 unspecified atom stereocenters. The van der Waals surface area contributed by atoms with E-state index >= 15 is 0 Å². The number of nitriles is 1. The Bertz CT molecular complexity index is 473. The van der Waals surface area contributed by atoms with E-state index in [2.05, 4.69) is 11.6 Å². The first-order valence-electron chi connectivity index (χ1n) is 3.67. The third-order valence-electron chi connectivity index (χ3n) is 1.76. The number of benzene rings is 1. The molecule has 14 heavy (non-hydrogen) atoms. The standard InChI is InChI=1S/C8H7NO3.CHN/c10-5-3-1-2-4-6(5)7(11)8(12)9-4;1-2/h1-3,9-12H;1H. The molecule has 0 amide bonds. The zero-order chi connectivity index (χ0) is 10.7. The van der Waals surface area contributed by atoms with Crippen LogP contribution in [0.1, 0.15) is 0 Å². The number of hydrogen-bond donors (Lipinski definition) is 4. The van der Waals surface area contributed by atoms with Crippen molar-refractivity contribution in [2.24, 2.45) is 0 Å². The van der Waals surface area contributed by atoms with Gasteiger partial charge in [-0.05, 0) is 12.1 Å². The minimum atomic E-state index is -0.327. The molecule has 4 N–H and O–H groups in total. The molecule has 0 atom stereocenters. The zero-order valence-corrected chi connectivity index (χ0v) is 7.10. The Hall–Kier alpha value is -2.35. The van der Waals surface area contributed by atoms with Crippen molar-refractivity contribution in [1.29, 1.82) is 5.26 Å². The van der Waals surface area contributed by atoms with Crippen molar-refractivity contribution in [3.63, 3.8) is 0 Å². The lowest BCUT2D eigenvalue weighted by Gasteiger charge is -1.93. The van der Waals surface area contributed by atoms with E-state index in [1.807, 2.05) is 0 Å². The van der Waals surface area contributed by atoms with Crippen LogP contribution in [0.15, 0.2) is 18.2 Å². The fourth-order valence-corrected chi connectivity index (χ4v) is 1.20. The molecule has 0 saturated carbocycles. The average Bonchev–Trinajstić information content (AvgIpc) is 2.47. The summed E-state index contributed by atoms with van der Waals surface area (Å²) < 4.78 is 0. The smallest absolute Gasteiger partial charge is 0.233 e. The molecule has 0 fully saturated rings. The largest absolute Gasteiger partial charge is 0.507 e. The van der Waals surface area contributed by atoms with Gasteiger partial charge in [-0.2, -0.15) is 0 Å². The van der Waals surface area contributed by atoms with E-state index in [9.17, 15) is 10.2 Å². The summed E-state index contributed by atoms with van der Waals surface area (Å²) >= 11 is 0. The number of hydrogen-bond acceptors (Lipinski definition) is 4. The molecular weight excluding hydrogens is 184 g/mol. The molecule has 2 rings (SSSR count). The first kappa shape index (κ1) is 9.74. The van der Waals surface area contributed by atoms with Gasteiger partial charge in [0.1, 0.15) is 5.75 Å². The van der Waals surface area contributed by atoms with E-state index in [0.717, 1.165) is 0 Å². The van der Waals surface area contributed by atoms with Gasteiger partial charge in [0.25, 0.3) is 0 Å². The molecule has 0 radical (unpaired) electrons. The molecule has 1 heterocycles. The van der Waals surface area contributed by atoms with Gasteiger partial charge in [0.15, 0.2) is 5.75 Å². The summed E-state index contributed by atoms with van der Waals surface area (Å²) in [5.74, 6) is -0.698. The summed E-state index contributed by atoms with van der Waals surface area (Å²) in [4.78, 5) is 2.51. The van der Waals surface area contributed by atoms with Crippen molar-refractivity contribution in [3.8, 4) is 24.0 Å². The lowest BCUT2D eigenvalue weighted by molar-refractivity contribution is 0.397. The Kier molecular flexibility index (Phi) is 2.49. The van der Waals surface area contributed by atoms with Crippen molar-refractivity contribution in [1.82, 2.24) is 4.98 Å². The van der Waals surface area contributed by atoms with Crippen LogP contribution in [-0.2, 0) is 0 Å². The highest BCUT2D eigenvalue weighted by Gasteiger charge is 2.11. The maximum absolute atomic E-state index is 9.27. The van der Waals surface area contributed by atoms with Gasteiger partial charge in [-0.15, -0.1) is 0 Å². The van der Waals surface area contributed by atoms with E-state index in [4.69, 9.17) is 10.4 Å². The normalized spacial score (nSPS) is 9.29. The summed E-state index contributed by atoms with van der Waals surface area (Å²) in [6.45, 7) is 3.50. The lowest BCUT2D eigenvalue weighted by Crippen LogP contribution is -1.67. The summed E-state index contributed by atoms with van der Waals surface area (Å²) in [7, 11) is 0. The second-order valence-corrected chi connectivity index (χ2v) is 2.52. The fourth-order valence-electron chi connectivity index (χ4n) is 1.20. The number of H-pyrrole nitrogens is 1. The monoisotopic (exact) mass is 192 g/mol. The van der Waals surface area contributed by atoms with Crippen molar-refractivity contribution in [2.45, 2.75) is 0 Å². The molecule has 0 aliphatic heterocycles. The number of aromatic amines is 1. The zero-order valence-electron chi connectivity index (χ0n) is 7.10. The van der Waals surface area contributed by atoms with E-state index in [0.29, 0.717) is 5.52 Å². The molecule has 5 nitrogen and oxygen atoms in total. The van der Waals surface area contributed by atoms with Crippen LogP contribution in [0.2, 0.25) is 0 Å². The molecular formula is C9H8N2O3. The number of rotatable bonds is 0. The van der Waals surface area contributed by atoms with Gasteiger partial charge < -0.3 is 20.3 Å². The van der Waals surface area contributed by atoms with E-state index in [1.165, 1.54) is 6.07 Å². The highest BCUT2D eigenvalue weighted by molar-refractivity contribution is 5.93. The number of nitrogens with zero attached hydrogens (tertiary/aromatic N) is 1. The van der Waals surface area contributed by atoms with Crippen LogP contribution in [0.5, 0.6) is 17.4 Å². The molecule has 0 aliphatic rings. The number of nitrogens with one attached hydrogen (secondary N) is 1. The third-order valence-corrected chi connectivity index (χ3v) is 1.76. The molecule has 1 aromatic heterocycles. The van der Waals surface area contributed by atoms with E-state index < -0.39 is 0 Å². The molecule has 0 bridgehead atoms. The maximum atomic E-state index is 9.27. The predicted octanol–water partition coefficient (Wildman–Crippen LogP) is 1.42. The number of aromatic hydroxyl groups is 3. The number of fused-ring (bicyclic) bond motifs is 1. The van der Waals surface area contributed by atoms with Crippen LogP contribution in [0.25, 0.3) is 10.9 Å².